The molecule has 5 heteroatoms. The molecular weight excluding hydrogens is 305 g/mol. The van der Waals surface area contributed by atoms with E-state index in [0.29, 0.717) is 12.2 Å². The molecule has 0 unspecified atom stereocenters. The maximum Gasteiger partial charge on any atom is 0.272 e. The summed E-state index contributed by atoms with van der Waals surface area (Å²) in [4.78, 5) is 12.5. The van der Waals surface area contributed by atoms with Gasteiger partial charge in [0.05, 0.1) is 5.69 Å². The number of benzene rings is 1. The molecular formula is C19H24FN3O. The topological polar surface area (TPSA) is 46.9 Å². The molecule has 1 aliphatic carbocycles. The summed E-state index contributed by atoms with van der Waals surface area (Å²) in [6, 6.07) is 6.25. The Labute approximate surface area is 142 Å². The number of carbonyl (C=O) groups is 1. The first kappa shape index (κ1) is 16.7. The number of hydrogen-bond donors (Lipinski definition) is 1. The van der Waals surface area contributed by atoms with Crippen LogP contribution >= 0.6 is 0 Å². The summed E-state index contributed by atoms with van der Waals surface area (Å²) in [6.45, 7) is 2.86. The van der Waals surface area contributed by atoms with Crippen molar-refractivity contribution in [1.29, 1.82) is 0 Å². The fraction of sp³-hybridized carbons (Fsp3) is 0.474. The third kappa shape index (κ3) is 3.50. The van der Waals surface area contributed by atoms with E-state index in [2.05, 4.69) is 17.3 Å². The van der Waals surface area contributed by atoms with Crippen molar-refractivity contribution in [3.63, 3.8) is 0 Å². The summed E-state index contributed by atoms with van der Waals surface area (Å²) in [5.74, 6) is -0.363. The van der Waals surface area contributed by atoms with Crippen LogP contribution in [-0.2, 0) is 12.8 Å². The van der Waals surface area contributed by atoms with Gasteiger partial charge < -0.3 is 5.32 Å². The van der Waals surface area contributed by atoms with E-state index in [1.807, 2.05) is 0 Å². The predicted molar refractivity (Wildman–Crippen MR) is 92.0 cm³/mol. The van der Waals surface area contributed by atoms with Gasteiger partial charge in [-0.05, 0) is 49.9 Å². The van der Waals surface area contributed by atoms with E-state index in [1.165, 1.54) is 25.0 Å². The van der Waals surface area contributed by atoms with Gasteiger partial charge in [0.15, 0.2) is 5.69 Å². The van der Waals surface area contributed by atoms with Crippen LogP contribution in [-0.4, -0.2) is 22.2 Å². The molecule has 3 rings (SSSR count). The van der Waals surface area contributed by atoms with Gasteiger partial charge in [-0.3, -0.25) is 4.79 Å². The van der Waals surface area contributed by atoms with E-state index in [0.717, 1.165) is 49.0 Å². The molecule has 4 nitrogen and oxygen atoms in total. The highest BCUT2D eigenvalue weighted by molar-refractivity contribution is 5.94. The van der Waals surface area contributed by atoms with Crippen molar-refractivity contribution in [3.05, 3.63) is 47.0 Å². The van der Waals surface area contributed by atoms with E-state index >= 15 is 0 Å². The van der Waals surface area contributed by atoms with Crippen molar-refractivity contribution in [1.82, 2.24) is 15.1 Å². The Morgan fingerprint density at radius 1 is 1.21 bits per heavy atom. The zero-order valence-electron chi connectivity index (χ0n) is 14.1. The highest BCUT2D eigenvalue weighted by Crippen LogP contribution is 2.27. The summed E-state index contributed by atoms with van der Waals surface area (Å²) in [6.07, 6.45) is 7.34. The van der Waals surface area contributed by atoms with Gasteiger partial charge in [-0.1, -0.05) is 26.2 Å². The van der Waals surface area contributed by atoms with Crippen molar-refractivity contribution < 1.29 is 9.18 Å². The van der Waals surface area contributed by atoms with Crippen molar-refractivity contribution in [2.24, 2.45) is 0 Å². The average molecular weight is 329 g/mol. The molecule has 1 N–H and O–H groups in total. The average Bonchev–Trinajstić information content (AvgIpc) is 3.18. The smallest absolute Gasteiger partial charge is 0.272 e. The fourth-order valence-corrected chi connectivity index (χ4v) is 3.25. The summed E-state index contributed by atoms with van der Waals surface area (Å²) in [5, 5.41) is 7.52. The summed E-state index contributed by atoms with van der Waals surface area (Å²) in [7, 11) is 0. The molecule has 1 heterocycles. The lowest BCUT2D eigenvalue weighted by molar-refractivity contribution is 0.0946. The lowest BCUT2D eigenvalue weighted by Gasteiger charge is -2.05. The van der Waals surface area contributed by atoms with Crippen molar-refractivity contribution in [2.75, 3.05) is 6.54 Å². The van der Waals surface area contributed by atoms with Crippen LogP contribution in [0.15, 0.2) is 24.3 Å². The lowest BCUT2D eigenvalue weighted by atomic mass is 10.2. The highest BCUT2D eigenvalue weighted by atomic mass is 19.1. The summed E-state index contributed by atoms with van der Waals surface area (Å²) in [5.41, 5.74) is 3.46. The maximum absolute atomic E-state index is 13.1. The largest absolute Gasteiger partial charge is 0.351 e. The Hall–Kier alpha value is -2.17. The molecule has 1 aliphatic rings. The third-order valence-corrected chi connectivity index (χ3v) is 4.53. The number of unbranched alkanes of at least 4 members (excludes halogenated alkanes) is 3. The number of hydrogen-bond acceptors (Lipinski definition) is 2. The number of amides is 1. The predicted octanol–water partition coefficient (Wildman–Crippen LogP) is 3.81. The highest BCUT2D eigenvalue weighted by Gasteiger charge is 2.26. The molecule has 128 valence electrons. The Kier molecular flexibility index (Phi) is 5.28. The molecule has 0 bridgehead atoms. The van der Waals surface area contributed by atoms with Crippen molar-refractivity contribution >= 4 is 5.91 Å². The lowest BCUT2D eigenvalue weighted by Crippen LogP contribution is -2.26. The van der Waals surface area contributed by atoms with Gasteiger partial charge in [0.2, 0.25) is 0 Å². The van der Waals surface area contributed by atoms with Crippen LogP contribution in [0.5, 0.6) is 0 Å². The number of aromatic nitrogens is 2. The molecule has 0 atom stereocenters. The molecule has 0 spiro atoms. The van der Waals surface area contributed by atoms with E-state index in [4.69, 9.17) is 0 Å². The Bertz CT molecular complexity index is 706. The quantitative estimate of drug-likeness (QED) is 0.785. The summed E-state index contributed by atoms with van der Waals surface area (Å²) >= 11 is 0. The number of fused-ring (bicyclic) bond motifs is 1. The normalized spacial score (nSPS) is 13.1. The van der Waals surface area contributed by atoms with Crippen LogP contribution in [0.3, 0.4) is 0 Å². The Morgan fingerprint density at radius 3 is 2.75 bits per heavy atom. The second kappa shape index (κ2) is 7.60. The van der Waals surface area contributed by atoms with E-state index < -0.39 is 0 Å². The van der Waals surface area contributed by atoms with E-state index in [9.17, 15) is 9.18 Å². The van der Waals surface area contributed by atoms with Crippen LogP contribution in [0.25, 0.3) is 5.69 Å². The molecule has 1 aromatic carbocycles. The van der Waals surface area contributed by atoms with Crippen LogP contribution in [0, 0.1) is 5.82 Å². The molecule has 1 amide bonds. The van der Waals surface area contributed by atoms with Gasteiger partial charge in [-0.15, -0.1) is 0 Å². The Balaban J connectivity index is 1.76. The minimum Gasteiger partial charge on any atom is -0.351 e. The monoisotopic (exact) mass is 329 g/mol. The van der Waals surface area contributed by atoms with Gasteiger partial charge in [-0.2, -0.15) is 5.10 Å². The van der Waals surface area contributed by atoms with Crippen molar-refractivity contribution in [2.45, 2.75) is 51.9 Å². The molecule has 0 aliphatic heterocycles. The van der Waals surface area contributed by atoms with Crippen LogP contribution in [0.1, 0.15) is 60.8 Å². The standard InChI is InChI=1S/C19H24FN3O/c1-2-3-4-5-13-21-19(24)18-16-7-6-8-17(16)23(22-18)15-11-9-14(20)10-12-15/h9-12H,2-8,13H2,1H3,(H,21,24). The minimum atomic E-state index is -0.271. The van der Waals surface area contributed by atoms with Crippen molar-refractivity contribution in [3.8, 4) is 5.69 Å². The first-order chi connectivity index (χ1) is 11.7. The Morgan fingerprint density at radius 2 is 2.00 bits per heavy atom. The number of halogens is 1. The third-order valence-electron chi connectivity index (χ3n) is 4.53. The fourth-order valence-electron chi connectivity index (χ4n) is 3.25. The zero-order valence-corrected chi connectivity index (χ0v) is 14.1. The second-order valence-corrected chi connectivity index (χ2v) is 6.33. The molecule has 0 saturated heterocycles. The minimum absolute atomic E-state index is 0.0921. The van der Waals surface area contributed by atoms with Crippen LogP contribution in [0.4, 0.5) is 4.39 Å². The molecule has 1 aromatic heterocycles. The first-order valence-corrected chi connectivity index (χ1v) is 8.85. The number of rotatable bonds is 7. The van der Waals surface area contributed by atoms with Gasteiger partial charge in [0.25, 0.3) is 5.91 Å². The molecule has 0 saturated carbocycles. The zero-order chi connectivity index (χ0) is 16.9. The van der Waals surface area contributed by atoms with Crippen LogP contribution in [0.2, 0.25) is 0 Å². The number of nitrogens with one attached hydrogen (secondary N) is 1. The number of nitrogens with zero attached hydrogens (tertiary/aromatic N) is 2. The second-order valence-electron chi connectivity index (χ2n) is 6.33. The summed E-state index contributed by atoms with van der Waals surface area (Å²) < 4.78 is 14.9. The SMILES string of the molecule is CCCCCCNC(=O)c1nn(-c2ccc(F)cc2)c2c1CCC2. The maximum atomic E-state index is 13.1. The first-order valence-electron chi connectivity index (χ1n) is 8.85. The molecule has 24 heavy (non-hydrogen) atoms. The van der Waals surface area contributed by atoms with Gasteiger partial charge in [0, 0.05) is 17.8 Å². The van der Waals surface area contributed by atoms with Crippen LogP contribution < -0.4 is 5.32 Å². The molecule has 0 fully saturated rings. The number of carbonyl (C=O) groups excluding carboxylic acids is 1. The van der Waals surface area contributed by atoms with Gasteiger partial charge >= 0.3 is 0 Å². The van der Waals surface area contributed by atoms with Gasteiger partial charge in [0.1, 0.15) is 5.82 Å². The molecule has 0 radical (unpaired) electrons. The van der Waals surface area contributed by atoms with E-state index in [1.54, 1.807) is 16.8 Å². The van der Waals surface area contributed by atoms with E-state index in [-0.39, 0.29) is 11.7 Å². The van der Waals surface area contributed by atoms with Gasteiger partial charge in [-0.25, -0.2) is 9.07 Å². The molecule has 2 aromatic rings.